The average molecular weight is 515 g/mol. The molecule has 5 heteroatoms. The standard InChI is InChI=1S/C31H35ClN2OSi/c1-21(2)36(22(3)4,23(5)6)18-17-31-33-28-19-25(24-11-9-8-10-12-24)13-15-29(28)34(31)26-14-16-30(35-7)27(32)20-26/h8-16,19-23H,1-7H3. The van der Waals surface area contributed by atoms with Crippen LogP contribution in [0.4, 0.5) is 0 Å². The number of rotatable bonds is 6. The maximum Gasteiger partial charge on any atom is 0.190 e. The number of aromatic nitrogens is 2. The van der Waals surface area contributed by atoms with E-state index in [0.717, 1.165) is 28.1 Å². The van der Waals surface area contributed by atoms with E-state index >= 15 is 0 Å². The van der Waals surface area contributed by atoms with Gasteiger partial charge in [-0.2, -0.15) is 0 Å². The van der Waals surface area contributed by atoms with Crippen LogP contribution in [0, 0.1) is 11.5 Å². The highest BCUT2D eigenvalue weighted by atomic mass is 35.5. The predicted octanol–water partition coefficient (Wildman–Crippen LogP) is 8.92. The highest BCUT2D eigenvalue weighted by Gasteiger charge is 2.41. The molecular weight excluding hydrogens is 480 g/mol. The molecule has 1 heterocycles. The van der Waals surface area contributed by atoms with Crippen molar-refractivity contribution in [2.75, 3.05) is 7.11 Å². The van der Waals surface area contributed by atoms with E-state index in [0.29, 0.717) is 27.4 Å². The first-order valence-electron chi connectivity index (χ1n) is 12.6. The van der Waals surface area contributed by atoms with Gasteiger partial charge in [0.15, 0.2) is 5.82 Å². The van der Waals surface area contributed by atoms with Gasteiger partial charge in [0, 0.05) is 0 Å². The average Bonchev–Trinajstić information content (AvgIpc) is 3.21. The second-order valence-electron chi connectivity index (χ2n) is 10.3. The van der Waals surface area contributed by atoms with Gasteiger partial charge >= 0.3 is 0 Å². The summed E-state index contributed by atoms with van der Waals surface area (Å²) in [7, 11) is -0.304. The number of methoxy groups -OCH3 is 1. The largest absolute Gasteiger partial charge is 0.495 e. The monoisotopic (exact) mass is 514 g/mol. The zero-order valence-corrected chi connectivity index (χ0v) is 24.0. The second-order valence-corrected chi connectivity index (χ2v) is 16.3. The van der Waals surface area contributed by atoms with Crippen molar-refractivity contribution in [1.29, 1.82) is 0 Å². The first kappa shape index (κ1) is 26.1. The van der Waals surface area contributed by atoms with E-state index in [1.165, 1.54) is 5.56 Å². The minimum absolute atomic E-state index is 0.544. The summed E-state index contributed by atoms with van der Waals surface area (Å²) in [6, 6.07) is 22.7. The van der Waals surface area contributed by atoms with Gasteiger partial charge in [0.1, 0.15) is 13.8 Å². The molecule has 3 nitrogen and oxygen atoms in total. The molecule has 0 aliphatic heterocycles. The number of halogens is 1. The molecule has 0 saturated carbocycles. The molecule has 0 amide bonds. The normalized spacial score (nSPS) is 11.9. The van der Waals surface area contributed by atoms with Gasteiger partial charge in [0.05, 0.1) is 28.9 Å². The summed E-state index contributed by atoms with van der Waals surface area (Å²) in [5.74, 6) is 4.98. The molecule has 1 aromatic heterocycles. The highest BCUT2D eigenvalue weighted by molar-refractivity contribution is 6.90. The van der Waals surface area contributed by atoms with E-state index in [4.69, 9.17) is 21.3 Å². The third-order valence-corrected chi connectivity index (χ3v) is 14.0. The third-order valence-electron chi connectivity index (χ3n) is 7.41. The number of nitrogens with zero attached hydrogens (tertiary/aromatic N) is 2. The molecule has 4 rings (SSSR count). The minimum atomic E-state index is -1.93. The summed E-state index contributed by atoms with van der Waals surface area (Å²) < 4.78 is 7.52. The van der Waals surface area contributed by atoms with Crippen LogP contribution < -0.4 is 4.74 Å². The Labute approximate surface area is 221 Å². The Kier molecular flexibility index (Phi) is 7.64. The van der Waals surface area contributed by atoms with Crippen LogP contribution in [0.3, 0.4) is 0 Å². The molecule has 0 saturated heterocycles. The lowest BCUT2D eigenvalue weighted by atomic mass is 10.1. The molecule has 0 aliphatic carbocycles. The van der Waals surface area contributed by atoms with E-state index in [1.54, 1.807) is 7.11 Å². The summed E-state index contributed by atoms with van der Waals surface area (Å²) in [6.07, 6.45) is 0. The minimum Gasteiger partial charge on any atom is -0.495 e. The Balaban J connectivity index is 1.97. The van der Waals surface area contributed by atoms with Gasteiger partial charge in [-0.25, -0.2) is 4.98 Å². The first-order chi connectivity index (χ1) is 17.2. The van der Waals surface area contributed by atoms with E-state index in [-0.39, 0.29) is 0 Å². The van der Waals surface area contributed by atoms with Gasteiger partial charge < -0.3 is 4.74 Å². The summed E-state index contributed by atoms with van der Waals surface area (Å²) in [5, 5.41) is 0.562. The Bertz CT molecular complexity index is 1410. The first-order valence-corrected chi connectivity index (χ1v) is 15.2. The van der Waals surface area contributed by atoms with Crippen LogP contribution in [0.25, 0.3) is 27.8 Å². The van der Waals surface area contributed by atoms with Crippen LogP contribution in [-0.4, -0.2) is 24.7 Å². The zero-order chi connectivity index (χ0) is 26.0. The number of benzene rings is 3. The molecule has 0 N–H and O–H groups in total. The molecule has 186 valence electrons. The molecule has 0 radical (unpaired) electrons. The van der Waals surface area contributed by atoms with E-state index < -0.39 is 8.07 Å². The van der Waals surface area contributed by atoms with Crippen molar-refractivity contribution in [2.45, 2.75) is 58.2 Å². The topological polar surface area (TPSA) is 27.1 Å². The van der Waals surface area contributed by atoms with E-state index in [1.807, 2.05) is 24.3 Å². The quantitative estimate of drug-likeness (QED) is 0.189. The van der Waals surface area contributed by atoms with Crippen molar-refractivity contribution >= 4 is 30.7 Å². The molecule has 3 aromatic carbocycles. The summed E-state index contributed by atoms with van der Waals surface area (Å²) in [4.78, 5) is 5.07. The van der Waals surface area contributed by atoms with E-state index in [2.05, 4.69) is 100 Å². The molecule has 36 heavy (non-hydrogen) atoms. The van der Waals surface area contributed by atoms with Crippen LogP contribution >= 0.6 is 11.6 Å². The molecule has 0 fully saturated rings. The van der Waals surface area contributed by atoms with E-state index in [9.17, 15) is 0 Å². The lowest BCUT2D eigenvalue weighted by molar-refractivity contribution is 0.415. The maximum absolute atomic E-state index is 6.54. The van der Waals surface area contributed by atoms with Crippen LogP contribution in [0.5, 0.6) is 5.75 Å². The lowest BCUT2D eigenvalue weighted by Gasteiger charge is -2.38. The van der Waals surface area contributed by atoms with Crippen molar-refractivity contribution in [3.63, 3.8) is 0 Å². The second kappa shape index (κ2) is 10.5. The summed E-state index contributed by atoms with van der Waals surface area (Å²) >= 11 is 6.54. The number of fused-ring (bicyclic) bond motifs is 1. The fourth-order valence-electron chi connectivity index (χ4n) is 5.63. The molecule has 0 aliphatic rings. The van der Waals surface area contributed by atoms with Crippen LogP contribution in [0.15, 0.2) is 66.7 Å². The van der Waals surface area contributed by atoms with Gasteiger partial charge in [0.25, 0.3) is 0 Å². The summed E-state index contributed by atoms with van der Waals surface area (Å²) in [6.45, 7) is 14.0. The number of imidazole rings is 1. The Morgan fingerprint density at radius 2 is 1.50 bits per heavy atom. The number of ether oxygens (including phenoxy) is 1. The molecular formula is C31H35ClN2OSi. The van der Waals surface area contributed by atoms with Crippen LogP contribution in [0.1, 0.15) is 47.4 Å². The molecule has 0 atom stereocenters. The predicted molar refractivity (Wildman–Crippen MR) is 156 cm³/mol. The molecule has 0 spiro atoms. The molecule has 0 unspecified atom stereocenters. The summed E-state index contributed by atoms with van der Waals surface area (Å²) in [5.41, 5.74) is 10.6. The van der Waals surface area contributed by atoms with Crippen molar-refractivity contribution in [3.8, 4) is 34.0 Å². The fraction of sp³-hybridized carbons (Fsp3) is 0.323. The van der Waals surface area contributed by atoms with Crippen molar-refractivity contribution in [2.24, 2.45) is 0 Å². The van der Waals surface area contributed by atoms with Crippen molar-refractivity contribution < 1.29 is 4.74 Å². The smallest absolute Gasteiger partial charge is 0.190 e. The van der Waals surface area contributed by atoms with Crippen molar-refractivity contribution in [3.05, 3.63) is 77.6 Å². The number of hydrogen-bond acceptors (Lipinski definition) is 2. The third kappa shape index (κ3) is 4.70. The Morgan fingerprint density at radius 1 is 0.833 bits per heavy atom. The Hall–Kier alpha value is -3.00. The van der Waals surface area contributed by atoms with Gasteiger partial charge in [-0.3, -0.25) is 4.57 Å². The molecule has 4 aromatic rings. The Morgan fingerprint density at radius 3 is 2.08 bits per heavy atom. The maximum atomic E-state index is 6.54. The van der Waals surface area contributed by atoms with Crippen LogP contribution in [0.2, 0.25) is 21.6 Å². The lowest BCUT2D eigenvalue weighted by Crippen LogP contribution is -2.43. The van der Waals surface area contributed by atoms with Gasteiger partial charge in [-0.15, -0.1) is 5.54 Å². The number of hydrogen-bond donors (Lipinski definition) is 0. The SMILES string of the molecule is COc1ccc(-n2c(C#C[Si](C(C)C)(C(C)C)C(C)C)nc3cc(-c4ccccc4)ccc32)cc1Cl. The fourth-order valence-corrected chi connectivity index (χ4v) is 11.1. The highest BCUT2D eigenvalue weighted by Crippen LogP contribution is 2.41. The van der Waals surface area contributed by atoms with Gasteiger partial charge in [0.2, 0.25) is 0 Å². The van der Waals surface area contributed by atoms with Gasteiger partial charge in [-0.05, 0) is 64.0 Å². The molecule has 0 bridgehead atoms. The van der Waals surface area contributed by atoms with Crippen molar-refractivity contribution in [1.82, 2.24) is 9.55 Å². The zero-order valence-electron chi connectivity index (χ0n) is 22.3. The van der Waals surface area contributed by atoms with Crippen LogP contribution in [-0.2, 0) is 0 Å². The van der Waals surface area contributed by atoms with Gasteiger partial charge in [-0.1, -0.05) is 89.5 Å².